The first-order valence-corrected chi connectivity index (χ1v) is 8.06. The van der Waals surface area contributed by atoms with Gasteiger partial charge in [-0.2, -0.15) is 0 Å². The predicted molar refractivity (Wildman–Crippen MR) is 75.0 cm³/mol. The molecule has 1 N–H and O–H groups in total. The Morgan fingerprint density at radius 2 is 1.50 bits per heavy atom. The summed E-state index contributed by atoms with van der Waals surface area (Å²) in [5, 5.41) is 9.35. The molecule has 0 heterocycles. The number of hydrogen-bond acceptors (Lipinski definition) is 2. The van der Waals surface area contributed by atoms with Gasteiger partial charge in [-0.3, -0.25) is 9.59 Å². The van der Waals surface area contributed by atoms with Gasteiger partial charge >= 0.3 is 5.97 Å². The van der Waals surface area contributed by atoms with Crippen molar-refractivity contribution in [3.05, 3.63) is 0 Å². The molecule has 3 aliphatic carbocycles. The molecule has 0 aromatic carbocycles. The van der Waals surface area contributed by atoms with E-state index in [1.54, 1.807) is 0 Å². The first-order valence-electron chi connectivity index (χ1n) is 8.06. The lowest BCUT2D eigenvalue weighted by molar-refractivity contribution is -0.149. The van der Waals surface area contributed by atoms with Crippen LogP contribution in [0.4, 0.5) is 0 Å². The van der Waals surface area contributed by atoms with Crippen LogP contribution in [-0.2, 0) is 9.59 Å². The normalized spacial score (nSPS) is 33.1. The van der Waals surface area contributed by atoms with Gasteiger partial charge in [-0.25, -0.2) is 0 Å². The van der Waals surface area contributed by atoms with Crippen molar-refractivity contribution in [1.82, 2.24) is 4.90 Å². The van der Waals surface area contributed by atoms with Crippen molar-refractivity contribution < 1.29 is 14.7 Å². The summed E-state index contributed by atoms with van der Waals surface area (Å²) in [6, 6.07) is 0. The third kappa shape index (κ3) is 3.15. The van der Waals surface area contributed by atoms with E-state index in [9.17, 15) is 14.7 Å². The van der Waals surface area contributed by atoms with Crippen molar-refractivity contribution in [3.8, 4) is 0 Å². The van der Waals surface area contributed by atoms with Crippen LogP contribution in [0, 0.1) is 29.6 Å². The van der Waals surface area contributed by atoms with E-state index in [0.29, 0.717) is 24.2 Å². The molecule has 4 nitrogen and oxygen atoms in total. The fourth-order valence-corrected chi connectivity index (χ4v) is 3.55. The molecule has 0 spiro atoms. The van der Waals surface area contributed by atoms with Crippen LogP contribution in [0.15, 0.2) is 0 Å². The topological polar surface area (TPSA) is 57.6 Å². The maximum atomic E-state index is 12.8. The zero-order chi connectivity index (χ0) is 14.3. The van der Waals surface area contributed by atoms with Gasteiger partial charge in [0, 0.05) is 13.1 Å². The van der Waals surface area contributed by atoms with E-state index in [2.05, 4.69) is 6.92 Å². The highest BCUT2D eigenvalue weighted by atomic mass is 16.4. The van der Waals surface area contributed by atoms with E-state index in [4.69, 9.17) is 0 Å². The number of carboxylic acids is 1. The number of rotatable bonds is 6. The molecule has 0 aliphatic heterocycles. The van der Waals surface area contributed by atoms with Crippen molar-refractivity contribution in [2.45, 2.75) is 45.4 Å². The highest BCUT2D eigenvalue weighted by Gasteiger charge is 2.44. The zero-order valence-corrected chi connectivity index (χ0v) is 12.3. The Balaban J connectivity index is 1.67. The lowest BCUT2D eigenvalue weighted by Crippen LogP contribution is -2.41. The smallest absolute Gasteiger partial charge is 0.307 e. The number of aliphatic carboxylic acids is 1. The van der Waals surface area contributed by atoms with E-state index in [0.717, 1.165) is 19.5 Å². The lowest BCUT2D eigenvalue weighted by atomic mass is 9.94. The molecule has 3 aliphatic rings. The fraction of sp³-hybridized carbons (Fsp3) is 0.875. The summed E-state index contributed by atoms with van der Waals surface area (Å²) in [6.45, 7) is 3.80. The third-order valence-corrected chi connectivity index (χ3v) is 5.10. The first kappa shape index (κ1) is 13.9. The molecule has 0 bridgehead atoms. The molecule has 4 heteroatoms. The average molecular weight is 279 g/mol. The Hall–Kier alpha value is -1.06. The van der Waals surface area contributed by atoms with Gasteiger partial charge in [-0.15, -0.1) is 0 Å². The summed E-state index contributed by atoms with van der Waals surface area (Å²) in [5.41, 5.74) is 0. The van der Waals surface area contributed by atoms with Crippen LogP contribution in [0.5, 0.6) is 0 Å². The largest absolute Gasteiger partial charge is 0.481 e. The van der Waals surface area contributed by atoms with Crippen LogP contribution in [0.25, 0.3) is 0 Å². The van der Waals surface area contributed by atoms with Crippen LogP contribution < -0.4 is 0 Å². The van der Waals surface area contributed by atoms with Gasteiger partial charge in [0.2, 0.25) is 5.91 Å². The molecule has 3 rings (SSSR count). The predicted octanol–water partition coefficient (Wildman–Crippen LogP) is 2.38. The Labute approximate surface area is 120 Å². The quantitative estimate of drug-likeness (QED) is 0.812. The summed E-state index contributed by atoms with van der Waals surface area (Å²) in [7, 11) is 0. The van der Waals surface area contributed by atoms with E-state index in [1.165, 1.54) is 25.7 Å². The van der Waals surface area contributed by atoms with Crippen LogP contribution in [0.2, 0.25) is 0 Å². The SMILES string of the molecule is CC1CC(C(=O)O)C(C(=O)N(CC2CC2)CC2CC2)C1. The minimum atomic E-state index is -0.787. The maximum absolute atomic E-state index is 12.8. The minimum absolute atomic E-state index is 0.126. The highest BCUT2D eigenvalue weighted by Crippen LogP contribution is 2.40. The van der Waals surface area contributed by atoms with E-state index in [1.807, 2.05) is 4.90 Å². The van der Waals surface area contributed by atoms with Gasteiger partial charge in [0.1, 0.15) is 0 Å². The molecular formula is C16H25NO3. The number of carbonyl (C=O) groups excluding carboxylic acids is 1. The summed E-state index contributed by atoms with van der Waals surface area (Å²) < 4.78 is 0. The van der Waals surface area contributed by atoms with Crippen molar-refractivity contribution in [1.29, 1.82) is 0 Å². The number of carbonyl (C=O) groups is 2. The summed E-state index contributed by atoms with van der Waals surface area (Å²) in [5.74, 6) is 0.317. The third-order valence-electron chi connectivity index (χ3n) is 5.10. The Morgan fingerprint density at radius 1 is 1.00 bits per heavy atom. The minimum Gasteiger partial charge on any atom is -0.481 e. The van der Waals surface area contributed by atoms with Crippen LogP contribution in [-0.4, -0.2) is 35.0 Å². The van der Waals surface area contributed by atoms with Crippen molar-refractivity contribution in [2.24, 2.45) is 29.6 Å². The Morgan fingerprint density at radius 3 is 1.95 bits per heavy atom. The first-order chi connectivity index (χ1) is 9.54. The van der Waals surface area contributed by atoms with Gasteiger partial charge in [-0.05, 0) is 56.3 Å². The van der Waals surface area contributed by atoms with Gasteiger partial charge < -0.3 is 10.0 Å². The second-order valence-corrected chi connectivity index (χ2v) is 7.26. The van der Waals surface area contributed by atoms with Crippen molar-refractivity contribution in [2.75, 3.05) is 13.1 Å². The molecule has 3 unspecified atom stereocenters. The lowest BCUT2D eigenvalue weighted by Gasteiger charge is -2.27. The molecule has 0 saturated heterocycles. The van der Waals surface area contributed by atoms with E-state index >= 15 is 0 Å². The zero-order valence-electron chi connectivity index (χ0n) is 12.3. The second kappa shape index (κ2) is 5.38. The monoisotopic (exact) mass is 279 g/mol. The van der Waals surface area contributed by atoms with Crippen LogP contribution in [0.3, 0.4) is 0 Å². The molecule has 0 aromatic heterocycles. The number of nitrogens with zero attached hydrogens (tertiary/aromatic N) is 1. The van der Waals surface area contributed by atoms with Crippen LogP contribution in [0.1, 0.15) is 45.4 Å². The molecule has 0 radical (unpaired) electrons. The molecule has 3 fully saturated rings. The highest BCUT2D eigenvalue weighted by molar-refractivity contribution is 5.85. The number of hydrogen-bond donors (Lipinski definition) is 1. The van der Waals surface area contributed by atoms with Crippen molar-refractivity contribution >= 4 is 11.9 Å². The number of amides is 1. The van der Waals surface area contributed by atoms with Gasteiger partial charge in [0.15, 0.2) is 0 Å². The molecule has 3 atom stereocenters. The van der Waals surface area contributed by atoms with Gasteiger partial charge in [-0.1, -0.05) is 6.92 Å². The number of carboxylic acid groups (broad SMARTS) is 1. The molecule has 112 valence electrons. The second-order valence-electron chi connectivity index (χ2n) is 7.26. The maximum Gasteiger partial charge on any atom is 0.307 e. The van der Waals surface area contributed by atoms with E-state index < -0.39 is 11.9 Å². The summed E-state index contributed by atoms with van der Waals surface area (Å²) >= 11 is 0. The fourth-order valence-electron chi connectivity index (χ4n) is 3.55. The molecule has 20 heavy (non-hydrogen) atoms. The Bertz CT molecular complexity index is 387. The summed E-state index contributed by atoms with van der Waals surface area (Å²) in [6.07, 6.45) is 6.35. The molecule has 0 aromatic rings. The van der Waals surface area contributed by atoms with Crippen molar-refractivity contribution in [3.63, 3.8) is 0 Å². The average Bonchev–Trinajstić information content (AvgIpc) is 3.30. The standard InChI is InChI=1S/C16H25NO3/c1-10-6-13(14(7-10)16(19)20)15(18)17(8-11-2-3-11)9-12-4-5-12/h10-14H,2-9H2,1H3,(H,19,20). The van der Waals surface area contributed by atoms with Gasteiger partial charge in [0.05, 0.1) is 11.8 Å². The molecule has 3 saturated carbocycles. The van der Waals surface area contributed by atoms with Crippen LogP contribution >= 0.6 is 0 Å². The van der Waals surface area contributed by atoms with Gasteiger partial charge in [0.25, 0.3) is 0 Å². The summed E-state index contributed by atoms with van der Waals surface area (Å²) in [4.78, 5) is 26.2. The van der Waals surface area contributed by atoms with E-state index in [-0.39, 0.29) is 11.8 Å². The molecule has 1 amide bonds. The molecular weight excluding hydrogens is 254 g/mol. The Kier molecular flexibility index (Phi) is 3.74.